The smallest absolute Gasteiger partial charge is 0.326 e. The maximum atomic E-state index is 12.4. The minimum Gasteiger partial charge on any atom is -0.454 e. The zero-order valence-corrected chi connectivity index (χ0v) is 14.7. The van der Waals surface area contributed by atoms with Crippen LogP contribution in [0.2, 0.25) is 0 Å². The first-order valence-corrected chi connectivity index (χ1v) is 8.44. The molecule has 1 heterocycles. The van der Waals surface area contributed by atoms with E-state index in [4.69, 9.17) is 4.74 Å². The van der Waals surface area contributed by atoms with Gasteiger partial charge in [0.25, 0.3) is 11.8 Å². The second kappa shape index (κ2) is 6.78. The van der Waals surface area contributed by atoms with Crippen LogP contribution in [0.25, 0.3) is 0 Å². The predicted octanol–water partition coefficient (Wildman–Crippen LogP) is 0.913. The van der Waals surface area contributed by atoms with Crippen LogP contribution in [0.5, 0.6) is 0 Å². The van der Waals surface area contributed by atoms with Crippen molar-refractivity contribution in [2.45, 2.75) is 25.3 Å². The van der Waals surface area contributed by atoms with E-state index in [2.05, 4.69) is 5.32 Å². The van der Waals surface area contributed by atoms with Crippen LogP contribution in [0.15, 0.2) is 30.3 Å². The summed E-state index contributed by atoms with van der Waals surface area (Å²) in [5.74, 6) is -1.52. The van der Waals surface area contributed by atoms with Crippen LogP contribution < -0.4 is 10.2 Å². The maximum absolute atomic E-state index is 12.4. The molecule has 1 atom stereocenters. The van der Waals surface area contributed by atoms with Gasteiger partial charge in [0.1, 0.15) is 12.1 Å². The van der Waals surface area contributed by atoms with Crippen LogP contribution in [0.1, 0.15) is 19.8 Å². The molecule has 2 fully saturated rings. The first-order chi connectivity index (χ1) is 12.3. The number of hydrogen-bond donors (Lipinski definition) is 1. The summed E-state index contributed by atoms with van der Waals surface area (Å²) in [5, 5.41) is 2.66. The summed E-state index contributed by atoms with van der Waals surface area (Å²) in [7, 11) is 1.57. The highest BCUT2D eigenvalue weighted by Gasteiger charge is 2.56. The van der Waals surface area contributed by atoms with Crippen molar-refractivity contribution in [3.05, 3.63) is 30.3 Å². The Hall–Kier alpha value is -2.90. The SMILES string of the molecule is CN(C(=O)COC(=O)CN1C(=O)N[C@](C)(C2CC2)C1=O)c1ccccc1. The number of imide groups is 1. The lowest BCUT2D eigenvalue weighted by molar-refractivity contribution is -0.150. The number of anilines is 1. The van der Waals surface area contributed by atoms with Crippen molar-refractivity contribution >= 4 is 29.5 Å². The number of amides is 4. The average Bonchev–Trinajstić information content (AvgIpc) is 3.46. The second-order valence-corrected chi connectivity index (χ2v) is 6.75. The number of ether oxygens (including phenoxy) is 1. The molecule has 8 heteroatoms. The van der Waals surface area contributed by atoms with E-state index >= 15 is 0 Å². The van der Waals surface area contributed by atoms with Gasteiger partial charge in [-0.3, -0.25) is 19.3 Å². The van der Waals surface area contributed by atoms with E-state index in [1.807, 2.05) is 6.07 Å². The van der Waals surface area contributed by atoms with E-state index in [-0.39, 0.29) is 5.92 Å². The second-order valence-electron chi connectivity index (χ2n) is 6.75. The highest BCUT2D eigenvalue weighted by atomic mass is 16.5. The van der Waals surface area contributed by atoms with Crippen LogP contribution in [0.3, 0.4) is 0 Å². The molecule has 0 unspecified atom stereocenters. The van der Waals surface area contributed by atoms with Crippen LogP contribution >= 0.6 is 0 Å². The summed E-state index contributed by atoms with van der Waals surface area (Å²) in [6.07, 6.45) is 1.75. The monoisotopic (exact) mass is 359 g/mol. The average molecular weight is 359 g/mol. The van der Waals surface area contributed by atoms with Crippen molar-refractivity contribution in [1.82, 2.24) is 10.2 Å². The molecule has 1 aliphatic carbocycles. The Morgan fingerprint density at radius 1 is 1.27 bits per heavy atom. The number of nitrogens with one attached hydrogen (secondary N) is 1. The van der Waals surface area contributed by atoms with Gasteiger partial charge < -0.3 is 15.0 Å². The number of hydrogen-bond acceptors (Lipinski definition) is 5. The Labute approximate surface area is 151 Å². The van der Waals surface area contributed by atoms with E-state index in [1.54, 1.807) is 38.2 Å². The largest absolute Gasteiger partial charge is 0.454 e. The van der Waals surface area contributed by atoms with Crippen molar-refractivity contribution in [3.8, 4) is 0 Å². The fourth-order valence-electron chi connectivity index (χ4n) is 3.01. The molecule has 1 saturated carbocycles. The molecule has 3 rings (SSSR count). The highest BCUT2D eigenvalue weighted by molar-refractivity contribution is 6.09. The molecule has 1 aliphatic heterocycles. The Balaban J connectivity index is 1.52. The van der Waals surface area contributed by atoms with Crippen molar-refractivity contribution in [3.63, 3.8) is 0 Å². The van der Waals surface area contributed by atoms with Gasteiger partial charge in [-0.05, 0) is 37.8 Å². The molecule has 8 nitrogen and oxygen atoms in total. The first-order valence-electron chi connectivity index (χ1n) is 8.44. The number of nitrogens with zero attached hydrogens (tertiary/aromatic N) is 2. The Morgan fingerprint density at radius 3 is 2.54 bits per heavy atom. The number of para-hydroxylation sites is 1. The molecule has 4 amide bonds. The Bertz CT molecular complexity index is 746. The van der Waals surface area contributed by atoms with Crippen LogP contribution in [-0.2, 0) is 19.1 Å². The van der Waals surface area contributed by atoms with Gasteiger partial charge in [0, 0.05) is 12.7 Å². The lowest BCUT2D eigenvalue weighted by atomic mass is 9.96. The van der Waals surface area contributed by atoms with Gasteiger partial charge in [-0.25, -0.2) is 4.79 Å². The van der Waals surface area contributed by atoms with E-state index in [0.29, 0.717) is 5.69 Å². The summed E-state index contributed by atoms with van der Waals surface area (Å²) >= 11 is 0. The molecule has 26 heavy (non-hydrogen) atoms. The van der Waals surface area contributed by atoms with Crippen LogP contribution in [0.4, 0.5) is 10.5 Å². The van der Waals surface area contributed by atoms with Gasteiger partial charge in [-0.2, -0.15) is 0 Å². The molecule has 0 bridgehead atoms. The fraction of sp³-hybridized carbons (Fsp3) is 0.444. The van der Waals surface area contributed by atoms with Crippen LogP contribution in [-0.4, -0.2) is 54.5 Å². The quantitative estimate of drug-likeness (QED) is 0.602. The molecular weight excluding hydrogens is 338 g/mol. The zero-order valence-electron chi connectivity index (χ0n) is 14.7. The predicted molar refractivity (Wildman–Crippen MR) is 92.2 cm³/mol. The zero-order chi connectivity index (χ0) is 18.9. The molecule has 0 spiro atoms. The van der Waals surface area contributed by atoms with E-state index in [1.165, 1.54) is 4.90 Å². The summed E-state index contributed by atoms with van der Waals surface area (Å²) < 4.78 is 4.95. The van der Waals surface area contributed by atoms with Crippen molar-refractivity contribution in [2.24, 2.45) is 5.92 Å². The summed E-state index contributed by atoms with van der Waals surface area (Å²) in [5.41, 5.74) is -0.274. The molecule has 1 N–H and O–H groups in total. The summed E-state index contributed by atoms with van der Waals surface area (Å²) in [6, 6.07) is 8.32. The van der Waals surface area contributed by atoms with Gasteiger partial charge in [-0.15, -0.1) is 0 Å². The third-order valence-corrected chi connectivity index (χ3v) is 4.86. The molecule has 0 radical (unpaired) electrons. The standard InChI is InChI=1S/C18H21N3O5/c1-18(12-8-9-12)16(24)21(17(25)19-18)10-15(23)26-11-14(22)20(2)13-6-4-3-5-7-13/h3-7,12H,8-11H2,1-2H3,(H,19,25)/t18-/m1/s1. The van der Waals surface area contributed by atoms with Gasteiger partial charge in [0.05, 0.1) is 0 Å². The van der Waals surface area contributed by atoms with Gasteiger partial charge in [0.15, 0.2) is 6.61 Å². The Kier molecular flexibility index (Phi) is 4.67. The number of carbonyl (C=O) groups is 4. The minimum atomic E-state index is -0.944. The van der Waals surface area contributed by atoms with E-state index < -0.39 is 42.5 Å². The molecule has 1 saturated heterocycles. The Morgan fingerprint density at radius 2 is 1.92 bits per heavy atom. The number of likely N-dealkylation sites (N-methyl/N-ethyl adjacent to an activating group) is 1. The van der Waals surface area contributed by atoms with Gasteiger partial charge in [-0.1, -0.05) is 18.2 Å². The van der Waals surface area contributed by atoms with Gasteiger partial charge in [0.2, 0.25) is 0 Å². The van der Waals surface area contributed by atoms with Crippen molar-refractivity contribution in [2.75, 3.05) is 25.1 Å². The maximum Gasteiger partial charge on any atom is 0.326 e. The first kappa shape index (κ1) is 17.9. The molecule has 138 valence electrons. The van der Waals surface area contributed by atoms with Gasteiger partial charge >= 0.3 is 12.0 Å². The van der Waals surface area contributed by atoms with Crippen molar-refractivity contribution < 1.29 is 23.9 Å². The normalized spacial score (nSPS) is 22.2. The third-order valence-electron chi connectivity index (χ3n) is 4.86. The number of esters is 1. The number of rotatable bonds is 6. The number of urea groups is 1. The molecule has 1 aromatic carbocycles. The van der Waals surface area contributed by atoms with Crippen LogP contribution in [0, 0.1) is 5.92 Å². The van der Waals surface area contributed by atoms with Crippen molar-refractivity contribution in [1.29, 1.82) is 0 Å². The molecule has 1 aromatic rings. The highest BCUT2D eigenvalue weighted by Crippen LogP contribution is 2.42. The topological polar surface area (TPSA) is 96.0 Å². The fourth-order valence-corrected chi connectivity index (χ4v) is 3.01. The minimum absolute atomic E-state index is 0.112. The third kappa shape index (κ3) is 3.40. The summed E-state index contributed by atoms with van der Waals surface area (Å²) in [4.78, 5) is 50.8. The van der Waals surface area contributed by atoms with E-state index in [9.17, 15) is 19.2 Å². The molecular formula is C18H21N3O5. The molecule has 0 aromatic heterocycles. The lowest BCUT2D eigenvalue weighted by Crippen LogP contribution is -2.46. The van der Waals surface area contributed by atoms with E-state index in [0.717, 1.165) is 17.7 Å². The summed E-state index contributed by atoms with van der Waals surface area (Å²) in [6.45, 7) is 0.706. The number of carbonyl (C=O) groups excluding carboxylic acids is 4. The molecule has 2 aliphatic rings. The number of benzene rings is 1. The lowest BCUT2D eigenvalue weighted by Gasteiger charge is -2.20.